The van der Waals surface area contributed by atoms with Crippen LogP contribution < -0.4 is 5.32 Å². The van der Waals surface area contributed by atoms with Crippen molar-refractivity contribution in [3.05, 3.63) is 35.4 Å². The van der Waals surface area contributed by atoms with E-state index >= 15 is 0 Å². The highest BCUT2D eigenvalue weighted by Gasteiger charge is 2.04. The number of hydrogen-bond acceptors (Lipinski definition) is 2. The van der Waals surface area contributed by atoms with E-state index in [1.54, 1.807) is 0 Å². The van der Waals surface area contributed by atoms with E-state index < -0.39 is 0 Å². The molecule has 0 heterocycles. The predicted molar refractivity (Wildman–Crippen MR) is 77.9 cm³/mol. The Morgan fingerprint density at radius 3 is 2.33 bits per heavy atom. The van der Waals surface area contributed by atoms with Crippen molar-refractivity contribution >= 4 is 0 Å². The van der Waals surface area contributed by atoms with Gasteiger partial charge in [0.05, 0.1) is 6.61 Å². The van der Waals surface area contributed by atoms with Crippen LogP contribution in [0, 0.1) is 5.92 Å². The normalized spacial score (nSPS) is 12.9. The minimum Gasteiger partial charge on any atom is -0.380 e. The Labute approximate surface area is 112 Å². The Kier molecular flexibility index (Phi) is 6.99. The molecule has 1 atom stereocenters. The van der Waals surface area contributed by atoms with Crippen LogP contribution >= 0.6 is 0 Å². The lowest BCUT2D eigenvalue weighted by Crippen LogP contribution is -2.23. The molecule has 0 aliphatic rings. The molecular formula is C16H27NO. The minimum atomic E-state index is 0.388. The van der Waals surface area contributed by atoms with Crippen molar-refractivity contribution < 1.29 is 4.74 Å². The predicted octanol–water partition coefficient (Wildman–Crippen LogP) is 3.57. The minimum absolute atomic E-state index is 0.388. The smallest absolute Gasteiger partial charge is 0.0591 e. The van der Waals surface area contributed by atoms with Gasteiger partial charge in [-0.05, 0) is 30.4 Å². The molecular weight excluding hydrogens is 222 g/mol. The Bertz CT molecular complexity index is 318. The van der Waals surface area contributed by atoms with Gasteiger partial charge in [-0.15, -0.1) is 0 Å². The number of nitrogens with one attached hydrogen (secondary N) is 1. The molecule has 1 unspecified atom stereocenters. The largest absolute Gasteiger partial charge is 0.380 e. The molecule has 0 bridgehead atoms. The summed E-state index contributed by atoms with van der Waals surface area (Å²) in [5, 5.41) is 3.49. The molecule has 0 saturated carbocycles. The molecule has 2 nitrogen and oxygen atoms in total. The zero-order valence-corrected chi connectivity index (χ0v) is 12.2. The monoisotopic (exact) mass is 249 g/mol. The lowest BCUT2D eigenvalue weighted by atomic mass is 10.1. The topological polar surface area (TPSA) is 21.3 Å². The fourth-order valence-electron chi connectivity index (χ4n) is 1.83. The maximum atomic E-state index is 5.56. The number of rotatable bonds is 8. The van der Waals surface area contributed by atoms with E-state index in [1.807, 2.05) is 0 Å². The molecule has 0 aliphatic carbocycles. The van der Waals surface area contributed by atoms with E-state index in [4.69, 9.17) is 4.74 Å². The molecule has 0 amide bonds. The van der Waals surface area contributed by atoms with Gasteiger partial charge in [0.25, 0.3) is 0 Å². The Balaban J connectivity index is 2.25. The Morgan fingerprint density at radius 1 is 1.11 bits per heavy atom. The SMILES string of the molecule is CCc1ccc(C(C)NCCOCC(C)C)cc1. The van der Waals surface area contributed by atoms with Gasteiger partial charge in [-0.1, -0.05) is 45.0 Å². The van der Waals surface area contributed by atoms with Gasteiger partial charge in [0.15, 0.2) is 0 Å². The maximum absolute atomic E-state index is 5.56. The average molecular weight is 249 g/mol. The van der Waals surface area contributed by atoms with E-state index in [9.17, 15) is 0 Å². The first-order valence-corrected chi connectivity index (χ1v) is 7.03. The maximum Gasteiger partial charge on any atom is 0.0591 e. The van der Waals surface area contributed by atoms with Gasteiger partial charge in [-0.3, -0.25) is 0 Å². The molecule has 18 heavy (non-hydrogen) atoms. The van der Waals surface area contributed by atoms with Crippen LogP contribution in [0.15, 0.2) is 24.3 Å². The van der Waals surface area contributed by atoms with Crippen LogP contribution in [0.1, 0.15) is 44.9 Å². The molecule has 102 valence electrons. The van der Waals surface area contributed by atoms with Crippen LogP contribution in [0.3, 0.4) is 0 Å². The first-order valence-electron chi connectivity index (χ1n) is 7.03. The third kappa shape index (κ3) is 5.65. The fraction of sp³-hybridized carbons (Fsp3) is 0.625. The van der Waals surface area contributed by atoms with Crippen LogP contribution in [-0.4, -0.2) is 19.8 Å². The Hall–Kier alpha value is -0.860. The highest BCUT2D eigenvalue weighted by atomic mass is 16.5. The standard InChI is InChI=1S/C16H27NO/c1-5-15-6-8-16(9-7-15)14(4)17-10-11-18-12-13(2)3/h6-9,13-14,17H,5,10-12H2,1-4H3. The molecule has 0 saturated heterocycles. The van der Waals surface area contributed by atoms with E-state index in [0.29, 0.717) is 12.0 Å². The van der Waals surface area contributed by atoms with Crippen LogP contribution in [-0.2, 0) is 11.2 Å². The van der Waals surface area contributed by atoms with Crippen molar-refractivity contribution in [2.75, 3.05) is 19.8 Å². The van der Waals surface area contributed by atoms with Gasteiger partial charge >= 0.3 is 0 Å². The second-order valence-electron chi connectivity index (χ2n) is 5.24. The van der Waals surface area contributed by atoms with E-state index in [1.165, 1.54) is 11.1 Å². The van der Waals surface area contributed by atoms with Gasteiger partial charge in [-0.25, -0.2) is 0 Å². The van der Waals surface area contributed by atoms with Crippen molar-refractivity contribution in [2.45, 2.75) is 40.2 Å². The van der Waals surface area contributed by atoms with Gasteiger partial charge in [0, 0.05) is 19.2 Å². The summed E-state index contributed by atoms with van der Waals surface area (Å²) in [6.45, 7) is 11.3. The molecule has 1 aromatic carbocycles. The molecule has 0 aliphatic heterocycles. The highest BCUT2D eigenvalue weighted by Crippen LogP contribution is 2.13. The molecule has 0 aromatic heterocycles. The molecule has 0 spiro atoms. The molecule has 0 radical (unpaired) electrons. The van der Waals surface area contributed by atoms with Crippen molar-refractivity contribution in [2.24, 2.45) is 5.92 Å². The molecule has 0 fully saturated rings. The van der Waals surface area contributed by atoms with Gasteiger partial charge in [-0.2, -0.15) is 0 Å². The van der Waals surface area contributed by atoms with Crippen molar-refractivity contribution in [3.8, 4) is 0 Å². The lowest BCUT2D eigenvalue weighted by molar-refractivity contribution is 0.110. The van der Waals surface area contributed by atoms with Gasteiger partial charge in [0.1, 0.15) is 0 Å². The van der Waals surface area contributed by atoms with E-state index in [0.717, 1.165) is 26.2 Å². The average Bonchev–Trinajstić information content (AvgIpc) is 2.38. The van der Waals surface area contributed by atoms with Crippen LogP contribution in [0.2, 0.25) is 0 Å². The van der Waals surface area contributed by atoms with Crippen molar-refractivity contribution in [1.82, 2.24) is 5.32 Å². The summed E-state index contributed by atoms with van der Waals surface area (Å²) in [5.41, 5.74) is 2.74. The molecule has 2 heteroatoms. The molecule has 1 N–H and O–H groups in total. The molecule has 1 rings (SSSR count). The number of benzene rings is 1. The lowest BCUT2D eigenvalue weighted by Gasteiger charge is -2.15. The summed E-state index contributed by atoms with van der Waals surface area (Å²) in [7, 11) is 0. The number of ether oxygens (including phenoxy) is 1. The van der Waals surface area contributed by atoms with Gasteiger partial charge < -0.3 is 10.1 Å². The second kappa shape index (κ2) is 8.28. The quantitative estimate of drug-likeness (QED) is 0.711. The summed E-state index contributed by atoms with van der Waals surface area (Å²) < 4.78 is 5.56. The fourth-order valence-corrected chi connectivity index (χ4v) is 1.83. The summed E-state index contributed by atoms with van der Waals surface area (Å²) in [4.78, 5) is 0. The van der Waals surface area contributed by atoms with E-state index in [2.05, 4.69) is 57.3 Å². The van der Waals surface area contributed by atoms with Crippen LogP contribution in [0.4, 0.5) is 0 Å². The Morgan fingerprint density at radius 2 is 1.78 bits per heavy atom. The number of aryl methyl sites for hydroxylation is 1. The number of hydrogen-bond donors (Lipinski definition) is 1. The third-order valence-electron chi connectivity index (χ3n) is 3.04. The van der Waals surface area contributed by atoms with Crippen molar-refractivity contribution in [1.29, 1.82) is 0 Å². The van der Waals surface area contributed by atoms with Crippen molar-refractivity contribution in [3.63, 3.8) is 0 Å². The summed E-state index contributed by atoms with van der Waals surface area (Å²) >= 11 is 0. The first kappa shape index (κ1) is 15.2. The molecule has 1 aromatic rings. The summed E-state index contributed by atoms with van der Waals surface area (Å²) in [6, 6.07) is 9.24. The van der Waals surface area contributed by atoms with E-state index in [-0.39, 0.29) is 0 Å². The summed E-state index contributed by atoms with van der Waals surface area (Å²) in [6.07, 6.45) is 1.10. The van der Waals surface area contributed by atoms with Crippen LogP contribution in [0.25, 0.3) is 0 Å². The van der Waals surface area contributed by atoms with Crippen LogP contribution in [0.5, 0.6) is 0 Å². The second-order valence-corrected chi connectivity index (χ2v) is 5.24. The first-order chi connectivity index (χ1) is 8.63. The zero-order valence-electron chi connectivity index (χ0n) is 12.2. The highest BCUT2D eigenvalue weighted by molar-refractivity contribution is 5.24. The van der Waals surface area contributed by atoms with Gasteiger partial charge in [0.2, 0.25) is 0 Å². The zero-order chi connectivity index (χ0) is 13.4. The summed E-state index contributed by atoms with van der Waals surface area (Å²) in [5.74, 6) is 0.615. The third-order valence-corrected chi connectivity index (χ3v) is 3.04.